The number of hydrogen-bond donors (Lipinski definition) is 1. The van der Waals surface area contributed by atoms with Crippen molar-refractivity contribution in [2.45, 2.75) is 25.4 Å². The monoisotopic (exact) mass is 548 g/mol. The quantitative estimate of drug-likeness (QED) is 0.423. The highest BCUT2D eigenvalue weighted by Gasteiger charge is 2.42. The summed E-state index contributed by atoms with van der Waals surface area (Å²) >= 11 is 0. The molecule has 10 nitrogen and oxygen atoms in total. The van der Waals surface area contributed by atoms with Gasteiger partial charge in [0.1, 0.15) is 5.75 Å². The standard InChI is InChI=1S/C30H32N2O8/c1-35-21-8-6-19(7-9-21)28-22(30(34)31-16-18-5-11-23-24(13-18)40-17-39-23)10-12-27(33)32(28)20-14-25(36-2)29(38-4)26(15-20)37-3/h5-9,11,13-15,22,28H,10,12,16-17H2,1-4H3,(H,31,34)/t22-,28-/m0/s1. The SMILES string of the molecule is COc1ccc([C@H]2[C@@H](C(=O)NCc3ccc4c(c3)OCO4)CCC(=O)N2c2cc(OC)c(OC)c(OC)c2)cc1. The number of amides is 2. The molecule has 1 fully saturated rings. The molecule has 0 unspecified atom stereocenters. The number of ether oxygens (including phenoxy) is 6. The van der Waals surface area contributed by atoms with Crippen LogP contribution in [0.25, 0.3) is 0 Å². The van der Waals surface area contributed by atoms with Crippen LogP contribution in [0.1, 0.15) is 30.0 Å². The first-order valence-electron chi connectivity index (χ1n) is 12.9. The zero-order valence-corrected chi connectivity index (χ0v) is 22.9. The van der Waals surface area contributed by atoms with E-state index in [1.54, 1.807) is 24.1 Å². The van der Waals surface area contributed by atoms with Gasteiger partial charge in [0.05, 0.1) is 46.1 Å². The van der Waals surface area contributed by atoms with Crippen LogP contribution in [0.4, 0.5) is 5.69 Å². The Hall–Kier alpha value is -4.60. The van der Waals surface area contributed by atoms with Gasteiger partial charge in [0.15, 0.2) is 23.0 Å². The lowest BCUT2D eigenvalue weighted by Gasteiger charge is -2.41. The number of anilines is 1. The third kappa shape index (κ3) is 5.16. The molecule has 1 N–H and O–H groups in total. The topological polar surface area (TPSA) is 105 Å². The number of carbonyl (C=O) groups excluding carboxylic acids is 2. The second-order valence-electron chi connectivity index (χ2n) is 9.42. The number of carbonyl (C=O) groups is 2. The molecule has 2 aliphatic rings. The molecular weight excluding hydrogens is 516 g/mol. The molecule has 10 heteroatoms. The van der Waals surface area contributed by atoms with E-state index >= 15 is 0 Å². The third-order valence-electron chi connectivity index (χ3n) is 7.22. The van der Waals surface area contributed by atoms with Gasteiger partial charge in [-0.15, -0.1) is 0 Å². The fourth-order valence-corrected chi connectivity index (χ4v) is 5.23. The second kappa shape index (κ2) is 11.6. The van der Waals surface area contributed by atoms with Gasteiger partial charge in [-0.2, -0.15) is 0 Å². The van der Waals surface area contributed by atoms with E-state index in [1.165, 1.54) is 21.3 Å². The van der Waals surface area contributed by atoms with Crippen molar-refractivity contribution in [1.29, 1.82) is 0 Å². The molecule has 0 saturated carbocycles. The van der Waals surface area contributed by atoms with E-state index in [-0.39, 0.29) is 25.0 Å². The van der Waals surface area contributed by atoms with Crippen LogP contribution in [0.5, 0.6) is 34.5 Å². The summed E-state index contributed by atoms with van der Waals surface area (Å²) in [7, 11) is 6.15. The summed E-state index contributed by atoms with van der Waals surface area (Å²) in [6.07, 6.45) is 0.592. The highest BCUT2D eigenvalue weighted by atomic mass is 16.7. The summed E-state index contributed by atoms with van der Waals surface area (Å²) in [5.41, 5.74) is 2.21. The average molecular weight is 549 g/mol. The number of piperidine rings is 1. The first-order chi connectivity index (χ1) is 19.5. The highest BCUT2D eigenvalue weighted by molar-refractivity contribution is 5.98. The van der Waals surface area contributed by atoms with E-state index in [1.807, 2.05) is 42.5 Å². The number of nitrogens with zero attached hydrogens (tertiary/aromatic N) is 1. The highest BCUT2D eigenvalue weighted by Crippen LogP contribution is 2.46. The normalized spacial score (nSPS) is 17.8. The van der Waals surface area contributed by atoms with E-state index < -0.39 is 12.0 Å². The van der Waals surface area contributed by atoms with Gasteiger partial charge in [0.25, 0.3) is 0 Å². The molecule has 2 amide bonds. The Balaban J connectivity index is 1.50. The van der Waals surface area contributed by atoms with Crippen LogP contribution in [-0.4, -0.2) is 47.0 Å². The lowest BCUT2D eigenvalue weighted by atomic mass is 9.83. The van der Waals surface area contributed by atoms with Crippen molar-refractivity contribution in [2.24, 2.45) is 5.92 Å². The molecule has 5 rings (SSSR count). The predicted molar refractivity (Wildman–Crippen MR) is 146 cm³/mol. The van der Waals surface area contributed by atoms with Gasteiger partial charge in [-0.1, -0.05) is 18.2 Å². The Bertz CT molecular complexity index is 1370. The molecule has 2 aliphatic heterocycles. The Morgan fingerprint density at radius 2 is 1.60 bits per heavy atom. The van der Waals surface area contributed by atoms with Crippen LogP contribution in [-0.2, 0) is 16.1 Å². The summed E-state index contributed by atoms with van der Waals surface area (Å²) in [6, 6.07) is 15.8. The van der Waals surface area contributed by atoms with E-state index in [0.717, 1.165) is 11.1 Å². The maximum Gasteiger partial charge on any atom is 0.231 e. The molecule has 1 saturated heterocycles. The Kier molecular flexibility index (Phi) is 7.86. The molecule has 3 aromatic rings. The molecule has 0 bridgehead atoms. The zero-order valence-electron chi connectivity index (χ0n) is 22.9. The predicted octanol–water partition coefficient (Wildman–Crippen LogP) is 4.25. The lowest BCUT2D eigenvalue weighted by molar-refractivity contribution is -0.129. The number of nitrogens with one attached hydrogen (secondary N) is 1. The van der Waals surface area contributed by atoms with Crippen LogP contribution in [0.2, 0.25) is 0 Å². The van der Waals surface area contributed by atoms with Gasteiger partial charge >= 0.3 is 0 Å². The molecule has 0 spiro atoms. The van der Waals surface area contributed by atoms with Crippen molar-refractivity contribution in [2.75, 3.05) is 40.1 Å². The van der Waals surface area contributed by atoms with Crippen LogP contribution >= 0.6 is 0 Å². The first kappa shape index (κ1) is 27.0. The summed E-state index contributed by atoms with van der Waals surface area (Å²) in [5.74, 6) is 2.44. The zero-order chi connectivity index (χ0) is 28.2. The minimum atomic E-state index is -0.591. The molecule has 0 radical (unpaired) electrons. The minimum Gasteiger partial charge on any atom is -0.497 e. The summed E-state index contributed by atoms with van der Waals surface area (Å²) < 4.78 is 32.8. The Morgan fingerprint density at radius 3 is 2.25 bits per heavy atom. The summed E-state index contributed by atoms with van der Waals surface area (Å²) in [4.78, 5) is 28.9. The minimum absolute atomic E-state index is 0.116. The Labute approximate surface area is 232 Å². The van der Waals surface area contributed by atoms with Crippen LogP contribution in [0.3, 0.4) is 0 Å². The molecular formula is C30H32N2O8. The number of fused-ring (bicyclic) bond motifs is 1. The molecule has 0 aromatic heterocycles. The largest absolute Gasteiger partial charge is 0.497 e. The van der Waals surface area contributed by atoms with Gasteiger partial charge in [-0.3, -0.25) is 9.59 Å². The lowest BCUT2D eigenvalue weighted by Crippen LogP contribution is -2.48. The van der Waals surface area contributed by atoms with E-state index in [4.69, 9.17) is 28.4 Å². The van der Waals surface area contributed by atoms with Gasteiger partial charge in [0.2, 0.25) is 24.4 Å². The second-order valence-corrected chi connectivity index (χ2v) is 9.42. The van der Waals surface area contributed by atoms with Crippen molar-refractivity contribution >= 4 is 17.5 Å². The first-order valence-corrected chi connectivity index (χ1v) is 12.9. The number of hydrogen-bond acceptors (Lipinski definition) is 8. The van der Waals surface area contributed by atoms with E-state index in [2.05, 4.69) is 5.32 Å². The van der Waals surface area contributed by atoms with Crippen LogP contribution in [0, 0.1) is 5.92 Å². The van der Waals surface area contributed by atoms with Crippen LogP contribution < -0.4 is 38.6 Å². The maximum atomic E-state index is 13.7. The van der Waals surface area contributed by atoms with Crippen molar-refractivity contribution in [1.82, 2.24) is 5.32 Å². The van der Waals surface area contributed by atoms with Crippen molar-refractivity contribution in [3.63, 3.8) is 0 Å². The van der Waals surface area contributed by atoms with Gasteiger partial charge < -0.3 is 38.6 Å². The van der Waals surface area contributed by atoms with Crippen molar-refractivity contribution in [3.8, 4) is 34.5 Å². The average Bonchev–Trinajstić information content (AvgIpc) is 3.47. The summed E-state index contributed by atoms with van der Waals surface area (Å²) in [6.45, 7) is 0.487. The molecule has 40 heavy (non-hydrogen) atoms. The molecule has 2 heterocycles. The smallest absolute Gasteiger partial charge is 0.231 e. The number of rotatable bonds is 9. The fraction of sp³-hybridized carbons (Fsp3) is 0.333. The van der Waals surface area contributed by atoms with Gasteiger partial charge in [0, 0.05) is 25.1 Å². The van der Waals surface area contributed by atoms with Crippen LogP contribution in [0.15, 0.2) is 54.6 Å². The van der Waals surface area contributed by atoms with E-state index in [0.29, 0.717) is 53.2 Å². The number of benzene rings is 3. The van der Waals surface area contributed by atoms with E-state index in [9.17, 15) is 9.59 Å². The van der Waals surface area contributed by atoms with Crippen molar-refractivity contribution < 1.29 is 38.0 Å². The third-order valence-corrected chi connectivity index (χ3v) is 7.22. The molecule has 210 valence electrons. The molecule has 2 atom stereocenters. The van der Waals surface area contributed by atoms with Gasteiger partial charge in [-0.25, -0.2) is 0 Å². The van der Waals surface area contributed by atoms with Crippen molar-refractivity contribution in [3.05, 3.63) is 65.7 Å². The van der Waals surface area contributed by atoms with Gasteiger partial charge in [-0.05, 0) is 41.8 Å². The fourth-order valence-electron chi connectivity index (χ4n) is 5.23. The summed E-state index contributed by atoms with van der Waals surface area (Å²) in [5, 5.41) is 3.07. The Morgan fingerprint density at radius 1 is 0.900 bits per heavy atom. The number of methoxy groups -OCH3 is 4. The maximum absolute atomic E-state index is 13.7. The molecule has 3 aromatic carbocycles. The molecule has 0 aliphatic carbocycles.